The third-order valence-corrected chi connectivity index (χ3v) is 7.62. The Morgan fingerprint density at radius 1 is 0.744 bits per heavy atom. The van der Waals surface area contributed by atoms with Crippen molar-refractivity contribution in [2.24, 2.45) is 0 Å². The zero-order chi connectivity index (χ0) is 29.4. The number of aryl methyl sites for hydroxylation is 1. The molecular weight excluding hydrogens is 714 g/mol. The standard InChI is InChI=1S/C36H34N5O.Pt/c1-23(2)30-20-29(26-12-7-6-8-13-26)21-31(24(3)4)35(30)40-22-37-38-36(40)28-15-11-14-27(19-28)32-18-25(5)41(39-32)33-16-9-10-17-34(33)42;/h6-18,20-24,42H,1-5H3;/q-1;. The minimum atomic E-state index is 0. The van der Waals surface area contributed by atoms with Crippen LogP contribution < -0.4 is 0 Å². The average molecular weight is 748 g/mol. The molecule has 6 rings (SSSR count). The molecule has 6 aromatic rings. The summed E-state index contributed by atoms with van der Waals surface area (Å²) in [5.41, 5.74) is 10.0. The van der Waals surface area contributed by atoms with Gasteiger partial charge in [-0.2, -0.15) is 5.10 Å². The fraction of sp³-hybridized carbons (Fsp3) is 0.194. The van der Waals surface area contributed by atoms with Gasteiger partial charge in [-0.25, -0.2) is 9.78 Å². The van der Waals surface area contributed by atoms with Gasteiger partial charge >= 0.3 is 0 Å². The molecule has 220 valence electrons. The van der Waals surface area contributed by atoms with Gasteiger partial charge in [-0.3, -0.25) is 0 Å². The molecular formula is C36H34N5OPt-. The molecule has 43 heavy (non-hydrogen) atoms. The maximum absolute atomic E-state index is 10.4. The van der Waals surface area contributed by atoms with E-state index in [-0.39, 0.29) is 38.7 Å². The van der Waals surface area contributed by atoms with E-state index in [1.54, 1.807) is 16.8 Å². The molecule has 4 aromatic carbocycles. The zero-order valence-corrected chi connectivity index (χ0v) is 27.2. The van der Waals surface area contributed by atoms with Crippen LogP contribution >= 0.6 is 0 Å². The Morgan fingerprint density at radius 2 is 1.40 bits per heavy atom. The summed E-state index contributed by atoms with van der Waals surface area (Å²) in [6.45, 7) is 10.9. The second-order valence-corrected chi connectivity index (χ2v) is 11.3. The number of aromatic nitrogens is 5. The Morgan fingerprint density at radius 3 is 2.07 bits per heavy atom. The van der Waals surface area contributed by atoms with Crippen molar-refractivity contribution in [3.8, 4) is 50.9 Å². The minimum Gasteiger partial charge on any atom is -0.506 e. The molecule has 1 N–H and O–H groups in total. The van der Waals surface area contributed by atoms with Crippen LogP contribution in [0.15, 0.2) is 97.3 Å². The van der Waals surface area contributed by atoms with Crippen molar-refractivity contribution in [2.45, 2.75) is 46.5 Å². The summed E-state index contributed by atoms with van der Waals surface area (Å²) in [5.74, 6) is 1.48. The summed E-state index contributed by atoms with van der Waals surface area (Å²) in [7, 11) is 0. The minimum absolute atomic E-state index is 0. The van der Waals surface area contributed by atoms with Crippen LogP contribution in [0.25, 0.3) is 45.1 Å². The number of hydrogen-bond donors (Lipinski definition) is 1. The Kier molecular flexibility index (Phi) is 8.79. The van der Waals surface area contributed by atoms with E-state index < -0.39 is 0 Å². The number of para-hydroxylation sites is 2. The second kappa shape index (κ2) is 12.5. The topological polar surface area (TPSA) is 68.8 Å². The maximum Gasteiger partial charge on any atom is 0.141 e. The van der Waals surface area contributed by atoms with E-state index in [0.717, 1.165) is 34.0 Å². The Labute approximate surface area is 267 Å². The predicted octanol–water partition coefficient (Wildman–Crippen LogP) is 8.51. The normalized spacial score (nSPS) is 11.2. The van der Waals surface area contributed by atoms with E-state index in [0.29, 0.717) is 5.69 Å². The fourth-order valence-electron chi connectivity index (χ4n) is 5.46. The predicted molar refractivity (Wildman–Crippen MR) is 168 cm³/mol. The van der Waals surface area contributed by atoms with Gasteiger partial charge in [0.2, 0.25) is 0 Å². The van der Waals surface area contributed by atoms with Crippen molar-refractivity contribution in [3.63, 3.8) is 0 Å². The number of benzene rings is 4. The van der Waals surface area contributed by atoms with E-state index in [2.05, 4.69) is 91.0 Å². The summed E-state index contributed by atoms with van der Waals surface area (Å²) in [6, 6.07) is 33.9. The molecule has 0 saturated carbocycles. The van der Waals surface area contributed by atoms with Gasteiger partial charge in [-0.15, -0.1) is 29.4 Å². The van der Waals surface area contributed by atoms with Gasteiger partial charge in [0, 0.05) is 38.1 Å². The molecule has 0 amide bonds. The van der Waals surface area contributed by atoms with Gasteiger partial charge in [0.15, 0.2) is 0 Å². The summed E-state index contributed by atoms with van der Waals surface area (Å²) in [5, 5.41) is 24.2. The molecule has 0 saturated heterocycles. The van der Waals surface area contributed by atoms with Gasteiger partial charge in [-0.1, -0.05) is 81.3 Å². The Bertz CT molecular complexity index is 1840. The molecule has 7 heteroatoms. The molecule has 0 aliphatic heterocycles. The maximum atomic E-state index is 10.4. The molecule has 2 aromatic heterocycles. The van der Waals surface area contributed by atoms with Crippen molar-refractivity contribution in [1.82, 2.24) is 24.5 Å². The van der Waals surface area contributed by atoms with Crippen LogP contribution in [-0.2, 0) is 21.1 Å². The van der Waals surface area contributed by atoms with E-state index in [1.807, 2.05) is 49.6 Å². The van der Waals surface area contributed by atoms with Crippen molar-refractivity contribution in [2.75, 3.05) is 0 Å². The SMILES string of the molecule is Cc1cc(-c2[c-]c(-c3nncn3-c3c(C(C)C)cc(-c4ccccc4)cc3C(C)C)ccc2)nn1-c1ccccc1O.[Pt]. The quantitative estimate of drug-likeness (QED) is 0.167. The van der Waals surface area contributed by atoms with Gasteiger partial charge in [0.05, 0.1) is 0 Å². The van der Waals surface area contributed by atoms with Gasteiger partial charge in [0.1, 0.15) is 23.6 Å². The summed E-state index contributed by atoms with van der Waals surface area (Å²) < 4.78 is 3.87. The summed E-state index contributed by atoms with van der Waals surface area (Å²) >= 11 is 0. The smallest absolute Gasteiger partial charge is 0.141 e. The zero-order valence-electron chi connectivity index (χ0n) is 24.9. The number of phenols is 1. The van der Waals surface area contributed by atoms with Crippen LogP contribution in [0.4, 0.5) is 0 Å². The molecule has 0 aliphatic rings. The first kappa shape index (κ1) is 30.2. The third-order valence-electron chi connectivity index (χ3n) is 7.62. The van der Waals surface area contributed by atoms with Crippen LogP contribution in [0, 0.1) is 13.0 Å². The van der Waals surface area contributed by atoms with Crippen LogP contribution in [0.2, 0.25) is 0 Å². The van der Waals surface area contributed by atoms with Gasteiger partial charge in [-0.05, 0) is 71.3 Å². The van der Waals surface area contributed by atoms with Crippen LogP contribution in [0.3, 0.4) is 0 Å². The van der Waals surface area contributed by atoms with Gasteiger partial charge < -0.3 is 9.67 Å². The van der Waals surface area contributed by atoms with E-state index in [1.165, 1.54) is 22.3 Å². The summed E-state index contributed by atoms with van der Waals surface area (Å²) in [4.78, 5) is 0. The number of aromatic hydroxyl groups is 1. The fourth-order valence-corrected chi connectivity index (χ4v) is 5.46. The average Bonchev–Trinajstić information content (AvgIpc) is 3.64. The van der Waals surface area contributed by atoms with Crippen molar-refractivity contribution in [1.29, 1.82) is 0 Å². The molecule has 0 radical (unpaired) electrons. The van der Waals surface area contributed by atoms with E-state index in [9.17, 15) is 5.11 Å². The van der Waals surface area contributed by atoms with Crippen molar-refractivity contribution in [3.05, 3.63) is 120 Å². The van der Waals surface area contributed by atoms with Crippen LogP contribution in [-0.4, -0.2) is 29.7 Å². The Hall–Kier alpha value is -4.28. The molecule has 0 aliphatic carbocycles. The third kappa shape index (κ3) is 5.85. The van der Waals surface area contributed by atoms with Gasteiger partial charge in [0.25, 0.3) is 0 Å². The largest absolute Gasteiger partial charge is 0.506 e. The number of hydrogen-bond acceptors (Lipinski definition) is 4. The van der Waals surface area contributed by atoms with Crippen molar-refractivity contribution >= 4 is 0 Å². The molecule has 0 spiro atoms. The molecule has 0 atom stereocenters. The first-order valence-corrected chi connectivity index (χ1v) is 14.3. The van der Waals surface area contributed by atoms with E-state index >= 15 is 0 Å². The molecule has 0 unspecified atom stereocenters. The second-order valence-electron chi connectivity index (χ2n) is 11.3. The molecule has 6 nitrogen and oxygen atoms in total. The van der Waals surface area contributed by atoms with E-state index in [4.69, 9.17) is 5.10 Å². The number of phenolic OH excluding ortho intramolecular Hbond substituents is 1. The Balaban J connectivity index is 0.00000368. The first-order chi connectivity index (χ1) is 20.3. The molecule has 0 fully saturated rings. The number of nitrogens with zero attached hydrogens (tertiary/aromatic N) is 5. The monoisotopic (exact) mass is 747 g/mol. The van der Waals surface area contributed by atoms with Crippen molar-refractivity contribution < 1.29 is 26.2 Å². The number of rotatable bonds is 7. The van der Waals surface area contributed by atoms with Crippen LogP contribution in [0.1, 0.15) is 56.4 Å². The van der Waals surface area contributed by atoms with Crippen LogP contribution in [0.5, 0.6) is 5.75 Å². The summed E-state index contributed by atoms with van der Waals surface area (Å²) in [6.07, 6.45) is 1.81. The molecule has 2 heterocycles. The first-order valence-electron chi connectivity index (χ1n) is 14.3. The molecule has 0 bridgehead atoms.